The first kappa shape index (κ1) is 11.5. The molecular weight excluding hydrogens is 166 g/mol. The number of aldehydes is 1. The van der Waals surface area contributed by atoms with Gasteiger partial charge in [0.2, 0.25) is 0 Å². The molecule has 0 saturated heterocycles. The topological polar surface area (TPSA) is 113 Å². The summed E-state index contributed by atoms with van der Waals surface area (Å²) in [6.07, 6.45) is -3.17. The Morgan fingerprint density at radius 3 is 2.33 bits per heavy atom. The van der Waals surface area contributed by atoms with E-state index in [1.165, 1.54) is 0 Å². The monoisotopic (exact) mass is 179 g/mol. The summed E-state index contributed by atoms with van der Waals surface area (Å²) in [6, 6.07) is 0. The van der Waals surface area contributed by atoms with Gasteiger partial charge in [0, 0.05) is 6.42 Å². The van der Waals surface area contributed by atoms with Crippen molar-refractivity contribution >= 4 is 6.29 Å². The molecule has 0 aliphatic heterocycles. The fourth-order valence-corrected chi connectivity index (χ4v) is 0.660. The Bertz CT molecular complexity index is 131. The third-order valence-electron chi connectivity index (χ3n) is 1.43. The predicted octanol–water partition coefficient (Wildman–Crippen LogP) is -2.45. The highest BCUT2D eigenvalue weighted by Crippen LogP contribution is 2.02. The fraction of sp³-hybridized carbons (Fsp3) is 0.833. The first-order chi connectivity index (χ1) is 5.65. The number of hydrogen-bond acceptors (Lipinski definition) is 6. The van der Waals surface area contributed by atoms with Crippen LogP contribution in [0.15, 0.2) is 0 Å². The van der Waals surface area contributed by atoms with E-state index in [0.29, 0.717) is 6.29 Å². The number of aliphatic hydroxyl groups is 3. The van der Waals surface area contributed by atoms with Crippen LogP contribution >= 0.6 is 0 Å². The second-order valence-electron chi connectivity index (χ2n) is 2.36. The standard InChI is InChI=1S/C6H13NO5/c7-12-4(2-8)1-5(10)6(11)3-9/h2,4-6,9-11H,1,3,7H2/t4-,5+,6-/m1/s1. The van der Waals surface area contributed by atoms with Gasteiger partial charge in [-0.05, 0) is 0 Å². The maximum atomic E-state index is 10.1. The van der Waals surface area contributed by atoms with Crippen LogP contribution < -0.4 is 5.90 Å². The van der Waals surface area contributed by atoms with Gasteiger partial charge in [0.15, 0.2) is 6.29 Å². The van der Waals surface area contributed by atoms with Crippen LogP contribution in [0.3, 0.4) is 0 Å². The molecule has 0 rings (SSSR count). The predicted molar refractivity (Wildman–Crippen MR) is 38.8 cm³/mol. The Labute approximate surface area is 69.5 Å². The second-order valence-corrected chi connectivity index (χ2v) is 2.36. The van der Waals surface area contributed by atoms with Crippen LogP contribution in [-0.4, -0.2) is 46.5 Å². The second kappa shape index (κ2) is 6.04. The van der Waals surface area contributed by atoms with Crippen molar-refractivity contribution < 1.29 is 25.0 Å². The van der Waals surface area contributed by atoms with Crippen molar-refractivity contribution in [2.24, 2.45) is 5.90 Å². The summed E-state index contributed by atoms with van der Waals surface area (Å²) in [5.74, 6) is 4.69. The van der Waals surface area contributed by atoms with Gasteiger partial charge in [-0.15, -0.1) is 0 Å². The van der Waals surface area contributed by atoms with Crippen molar-refractivity contribution in [3.05, 3.63) is 0 Å². The van der Waals surface area contributed by atoms with Crippen LogP contribution in [0.25, 0.3) is 0 Å². The highest BCUT2D eigenvalue weighted by atomic mass is 16.6. The highest BCUT2D eigenvalue weighted by molar-refractivity contribution is 5.55. The van der Waals surface area contributed by atoms with Gasteiger partial charge in [0.25, 0.3) is 0 Å². The van der Waals surface area contributed by atoms with Gasteiger partial charge in [-0.2, -0.15) is 0 Å². The smallest absolute Gasteiger partial charge is 0.150 e. The summed E-state index contributed by atoms with van der Waals surface area (Å²) < 4.78 is 0. The van der Waals surface area contributed by atoms with Gasteiger partial charge in [0.1, 0.15) is 12.2 Å². The van der Waals surface area contributed by atoms with Gasteiger partial charge in [-0.3, -0.25) is 4.84 Å². The molecule has 0 radical (unpaired) electrons. The Kier molecular flexibility index (Phi) is 5.77. The maximum absolute atomic E-state index is 10.1. The molecule has 0 heterocycles. The zero-order chi connectivity index (χ0) is 9.56. The van der Waals surface area contributed by atoms with E-state index in [-0.39, 0.29) is 6.42 Å². The van der Waals surface area contributed by atoms with Crippen LogP contribution in [0, 0.1) is 0 Å². The Balaban J connectivity index is 3.79. The van der Waals surface area contributed by atoms with Crippen LogP contribution in [0.1, 0.15) is 6.42 Å². The molecule has 0 bridgehead atoms. The zero-order valence-electron chi connectivity index (χ0n) is 6.46. The van der Waals surface area contributed by atoms with E-state index in [1.54, 1.807) is 0 Å². The molecule has 12 heavy (non-hydrogen) atoms. The normalized spacial score (nSPS) is 18.3. The number of hydrogen-bond donors (Lipinski definition) is 4. The SMILES string of the molecule is NO[C@@H](C=O)C[C@H](O)[C@H](O)CO. The summed E-state index contributed by atoms with van der Waals surface area (Å²) >= 11 is 0. The minimum absolute atomic E-state index is 0.137. The van der Waals surface area contributed by atoms with Crippen molar-refractivity contribution in [1.29, 1.82) is 0 Å². The molecule has 0 fully saturated rings. The molecule has 5 N–H and O–H groups in total. The molecule has 6 nitrogen and oxygen atoms in total. The first-order valence-corrected chi connectivity index (χ1v) is 3.43. The van der Waals surface area contributed by atoms with E-state index < -0.39 is 24.9 Å². The summed E-state index contributed by atoms with van der Waals surface area (Å²) in [7, 11) is 0. The molecular formula is C6H13NO5. The van der Waals surface area contributed by atoms with Crippen molar-refractivity contribution in [3.63, 3.8) is 0 Å². The number of aliphatic hydroxyl groups excluding tert-OH is 3. The summed E-state index contributed by atoms with van der Waals surface area (Å²) in [6.45, 7) is -0.572. The quantitative estimate of drug-likeness (QED) is 0.266. The minimum atomic E-state index is -1.28. The molecule has 0 saturated carbocycles. The van der Waals surface area contributed by atoms with Gasteiger partial charge < -0.3 is 20.1 Å². The summed E-state index contributed by atoms with van der Waals surface area (Å²) in [5, 5.41) is 26.3. The zero-order valence-corrected chi connectivity index (χ0v) is 6.46. The van der Waals surface area contributed by atoms with E-state index in [1.807, 2.05) is 0 Å². The Morgan fingerprint density at radius 2 is 2.00 bits per heavy atom. The molecule has 0 aliphatic rings. The van der Waals surface area contributed by atoms with E-state index in [2.05, 4.69) is 10.7 Å². The van der Waals surface area contributed by atoms with Gasteiger partial charge in [-0.1, -0.05) is 0 Å². The molecule has 0 aromatic heterocycles. The highest BCUT2D eigenvalue weighted by Gasteiger charge is 2.20. The van der Waals surface area contributed by atoms with Crippen LogP contribution in [0.2, 0.25) is 0 Å². The summed E-state index contributed by atoms with van der Waals surface area (Å²) in [5.41, 5.74) is 0. The largest absolute Gasteiger partial charge is 0.394 e. The molecule has 0 spiro atoms. The van der Waals surface area contributed by atoms with Gasteiger partial charge in [-0.25, -0.2) is 5.90 Å². The fourth-order valence-electron chi connectivity index (χ4n) is 0.660. The van der Waals surface area contributed by atoms with Crippen LogP contribution in [0.4, 0.5) is 0 Å². The van der Waals surface area contributed by atoms with E-state index in [0.717, 1.165) is 0 Å². The molecule has 0 aliphatic carbocycles. The Morgan fingerprint density at radius 1 is 1.42 bits per heavy atom. The summed E-state index contributed by atoms with van der Waals surface area (Å²) in [4.78, 5) is 14.3. The average Bonchev–Trinajstić information content (AvgIpc) is 2.12. The lowest BCUT2D eigenvalue weighted by Crippen LogP contribution is -2.34. The third kappa shape index (κ3) is 3.74. The van der Waals surface area contributed by atoms with Crippen molar-refractivity contribution in [2.45, 2.75) is 24.7 Å². The average molecular weight is 179 g/mol. The minimum Gasteiger partial charge on any atom is -0.394 e. The van der Waals surface area contributed by atoms with E-state index >= 15 is 0 Å². The molecule has 3 atom stereocenters. The van der Waals surface area contributed by atoms with Crippen molar-refractivity contribution in [2.75, 3.05) is 6.61 Å². The lowest BCUT2D eigenvalue weighted by atomic mass is 10.1. The molecule has 6 heteroatoms. The number of carbonyl (C=O) groups is 1. The van der Waals surface area contributed by atoms with Crippen LogP contribution in [-0.2, 0) is 9.63 Å². The first-order valence-electron chi connectivity index (χ1n) is 3.43. The number of nitrogens with two attached hydrogens (primary N) is 1. The molecule has 0 aromatic rings. The molecule has 0 amide bonds. The molecule has 72 valence electrons. The van der Waals surface area contributed by atoms with E-state index in [4.69, 9.17) is 15.3 Å². The lowest BCUT2D eigenvalue weighted by molar-refractivity contribution is -0.122. The lowest BCUT2D eigenvalue weighted by Gasteiger charge is -2.17. The van der Waals surface area contributed by atoms with Gasteiger partial charge in [0.05, 0.1) is 12.7 Å². The van der Waals surface area contributed by atoms with Gasteiger partial charge >= 0.3 is 0 Å². The molecule has 0 unspecified atom stereocenters. The van der Waals surface area contributed by atoms with E-state index in [9.17, 15) is 4.79 Å². The maximum Gasteiger partial charge on any atom is 0.150 e. The molecule has 0 aromatic carbocycles. The number of carbonyl (C=O) groups excluding carboxylic acids is 1. The Hall–Kier alpha value is -0.530. The van der Waals surface area contributed by atoms with Crippen LogP contribution in [0.5, 0.6) is 0 Å². The van der Waals surface area contributed by atoms with Crippen molar-refractivity contribution in [1.82, 2.24) is 0 Å². The third-order valence-corrected chi connectivity index (χ3v) is 1.43. The number of rotatable bonds is 6. The van der Waals surface area contributed by atoms with Crippen molar-refractivity contribution in [3.8, 4) is 0 Å².